The average Bonchev–Trinajstić information content (AvgIpc) is 3.22. The average molecular weight is 500 g/mol. The fraction of sp³-hybridized carbons (Fsp3) is 0.154. The van der Waals surface area contributed by atoms with Crippen molar-refractivity contribution in [3.8, 4) is 34.8 Å². The van der Waals surface area contributed by atoms with Gasteiger partial charge in [-0.25, -0.2) is 0 Å². The van der Waals surface area contributed by atoms with Crippen LogP contribution in [0.25, 0.3) is 0 Å². The number of phenols is 4. The highest BCUT2D eigenvalue weighted by atomic mass is 32.2. The van der Waals surface area contributed by atoms with Crippen LogP contribution in [-0.2, 0) is 4.79 Å². The Bertz CT molecular complexity index is 1400. The van der Waals surface area contributed by atoms with Crippen LogP contribution in [-0.4, -0.2) is 45.3 Å². The summed E-state index contributed by atoms with van der Waals surface area (Å²) in [6.45, 7) is 1.94. The zero-order valence-electron chi connectivity index (χ0n) is 19.1. The normalized spacial score (nSPS) is 17.0. The summed E-state index contributed by atoms with van der Waals surface area (Å²) in [4.78, 5) is 26.5. The van der Waals surface area contributed by atoms with E-state index in [0.717, 1.165) is 5.56 Å². The predicted octanol–water partition coefficient (Wildman–Crippen LogP) is 2.36. The van der Waals surface area contributed by atoms with Crippen molar-refractivity contribution in [1.29, 1.82) is 0 Å². The molecule has 0 aliphatic carbocycles. The van der Waals surface area contributed by atoms with Crippen LogP contribution in [0.2, 0.25) is 0 Å². The van der Waals surface area contributed by atoms with Crippen LogP contribution < -0.4 is 16.1 Å². The number of amides is 2. The summed E-state index contributed by atoms with van der Waals surface area (Å²) in [7, 11) is 5.53. The molecule has 6 N–H and O–H groups in total. The Kier molecular flexibility index (Phi) is 6.77. The molecule has 180 valence electrons. The number of aromatic hydroxyl groups is 4. The van der Waals surface area contributed by atoms with Gasteiger partial charge in [0, 0.05) is 16.8 Å². The SMILES string of the molecule is [B]c1c(O)c(O)c(O)c(C#Cc2ccc(C3SC(CC)C(=O)N3c3cccc(C(N)=O)c3)cc2)c1O. The smallest absolute Gasteiger partial charge is 0.248 e. The number of thioether (sulfide) groups is 1. The summed E-state index contributed by atoms with van der Waals surface area (Å²) in [5.41, 5.74) is 6.83. The van der Waals surface area contributed by atoms with Gasteiger partial charge in [-0.2, -0.15) is 0 Å². The van der Waals surface area contributed by atoms with E-state index in [-0.39, 0.29) is 22.1 Å². The van der Waals surface area contributed by atoms with Crippen LogP contribution >= 0.6 is 11.8 Å². The van der Waals surface area contributed by atoms with Gasteiger partial charge in [0.15, 0.2) is 11.5 Å². The molecular formula is C26H21BN2O6S. The minimum Gasteiger partial charge on any atom is -0.507 e. The molecule has 1 fully saturated rings. The highest BCUT2D eigenvalue weighted by molar-refractivity contribution is 8.01. The number of primary amides is 1. The van der Waals surface area contributed by atoms with E-state index in [4.69, 9.17) is 13.6 Å². The second-order valence-corrected chi connectivity index (χ2v) is 9.35. The molecule has 4 rings (SSSR count). The van der Waals surface area contributed by atoms with Gasteiger partial charge < -0.3 is 26.2 Å². The molecule has 8 nitrogen and oxygen atoms in total. The number of nitrogens with two attached hydrogens (primary N) is 1. The van der Waals surface area contributed by atoms with Gasteiger partial charge in [0.05, 0.1) is 5.25 Å². The molecule has 2 unspecified atom stereocenters. The zero-order chi connectivity index (χ0) is 26.1. The molecule has 36 heavy (non-hydrogen) atoms. The molecule has 1 aliphatic rings. The van der Waals surface area contributed by atoms with Crippen molar-refractivity contribution in [1.82, 2.24) is 0 Å². The topological polar surface area (TPSA) is 144 Å². The fourth-order valence-corrected chi connectivity index (χ4v) is 5.21. The van der Waals surface area contributed by atoms with Gasteiger partial charge in [-0.3, -0.25) is 14.5 Å². The third-order valence-electron chi connectivity index (χ3n) is 5.78. The highest BCUT2D eigenvalue weighted by Crippen LogP contribution is 2.46. The van der Waals surface area contributed by atoms with Crippen molar-refractivity contribution in [3.05, 3.63) is 70.8 Å². The first-order valence-corrected chi connectivity index (χ1v) is 11.8. The summed E-state index contributed by atoms with van der Waals surface area (Å²) in [5.74, 6) is 1.54. The summed E-state index contributed by atoms with van der Waals surface area (Å²) >= 11 is 1.51. The van der Waals surface area contributed by atoms with Gasteiger partial charge in [0.25, 0.3) is 0 Å². The van der Waals surface area contributed by atoms with E-state index >= 15 is 0 Å². The summed E-state index contributed by atoms with van der Waals surface area (Å²) in [5, 5.41) is 38.9. The van der Waals surface area contributed by atoms with Crippen LogP contribution in [0, 0.1) is 11.8 Å². The number of hydrogen-bond donors (Lipinski definition) is 5. The van der Waals surface area contributed by atoms with Crippen molar-refractivity contribution >= 4 is 42.6 Å². The maximum absolute atomic E-state index is 13.1. The first-order valence-electron chi connectivity index (χ1n) is 10.9. The van der Waals surface area contributed by atoms with Crippen LogP contribution in [0.4, 0.5) is 5.69 Å². The lowest BCUT2D eigenvalue weighted by molar-refractivity contribution is -0.117. The van der Waals surface area contributed by atoms with Gasteiger partial charge >= 0.3 is 0 Å². The lowest BCUT2D eigenvalue weighted by Gasteiger charge is -2.24. The van der Waals surface area contributed by atoms with Crippen molar-refractivity contribution in [2.75, 3.05) is 4.90 Å². The Hall–Kier alpha value is -4.23. The van der Waals surface area contributed by atoms with E-state index in [1.165, 1.54) is 11.8 Å². The summed E-state index contributed by atoms with van der Waals surface area (Å²) in [6.07, 6.45) is 0.644. The van der Waals surface area contributed by atoms with E-state index < -0.39 is 34.4 Å². The Labute approximate surface area is 212 Å². The fourth-order valence-electron chi connectivity index (χ4n) is 3.82. The molecule has 3 aromatic rings. The van der Waals surface area contributed by atoms with E-state index in [1.54, 1.807) is 53.4 Å². The first kappa shape index (κ1) is 24.9. The molecule has 0 spiro atoms. The molecule has 10 heteroatoms. The molecule has 2 amide bonds. The maximum atomic E-state index is 13.1. The lowest BCUT2D eigenvalue weighted by Crippen LogP contribution is -2.31. The number of rotatable bonds is 4. The van der Waals surface area contributed by atoms with Gasteiger partial charge in [-0.05, 0) is 47.8 Å². The van der Waals surface area contributed by atoms with Crippen LogP contribution in [0.5, 0.6) is 23.0 Å². The van der Waals surface area contributed by atoms with Crippen molar-refractivity contribution in [2.45, 2.75) is 24.0 Å². The Morgan fingerprint density at radius 1 is 1.03 bits per heavy atom. The van der Waals surface area contributed by atoms with Gasteiger partial charge in [0.2, 0.25) is 17.6 Å². The van der Waals surface area contributed by atoms with Gasteiger partial charge in [-0.1, -0.05) is 37.0 Å². The summed E-state index contributed by atoms with van der Waals surface area (Å²) in [6, 6.07) is 13.7. The van der Waals surface area contributed by atoms with E-state index in [9.17, 15) is 30.0 Å². The molecule has 1 saturated heterocycles. The largest absolute Gasteiger partial charge is 0.507 e. The monoisotopic (exact) mass is 500 g/mol. The number of benzene rings is 3. The number of nitrogens with zero attached hydrogens (tertiary/aromatic N) is 1. The third kappa shape index (κ3) is 4.41. The lowest BCUT2D eigenvalue weighted by atomic mass is 9.90. The molecule has 3 aromatic carbocycles. The van der Waals surface area contributed by atoms with Crippen molar-refractivity contribution in [3.63, 3.8) is 0 Å². The van der Waals surface area contributed by atoms with E-state index in [0.29, 0.717) is 23.2 Å². The molecule has 1 aliphatic heterocycles. The van der Waals surface area contributed by atoms with E-state index in [2.05, 4.69) is 11.8 Å². The highest BCUT2D eigenvalue weighted by Gasteiger charge is 2.41. The quantitative estimate of drug-likeness (QED) is 0.160. The third-order valence-corrected chi connectivity index (χ3v) is 7.38. The number of carbonyl (C=O) groups excluding carboxylic acids is 2. The Balaban J connectivity index is 1.66. The first-order chi connectivity index (χ1) is 17.1. The number of phenolic OH excluding ortho intramolecular Hbond substituents is 4. The molecule has 0 bridgehead atoms. The van der Waals surface area contributed by atoms with Crippen LogP contribution in [0.1, 0.15) is 45.8 Å². The van der Waals surface area contributed by atoms with Gasteiger partial charge in [0.1, 0.15) is 24.5 Å². The minimum atomic E-state index is -0.876. The Morgan fingerprint density at radius 2 is 1.72 bits per heavy atom. The molecule has 2 atom stereocenters. The number of hydrogen-bond acceptors (Lipinski definition) is 7. The number of anilines is 1. The zero-order valence-corrected chi connectivity index (χ0v) is 19.9. The van der Waals surface area contributed by atoms with E-state index in [1.807, 2.05) is 6.92 Å². The molecular weight excluding hydrogens is 479 g/mol. The minimum absolute atomic E-state index is 0.0614. The number of carbonyl (C=O) groups is 2. The second-order valence-electron chi connectivity index (χ2n) is 8.06. The Morgan fingerprint density at radius 3 is 2.36 bits per heavy atom. The van der Waals surface area contributed by atoms with Crippen molar-refractivity contribution < 1.29 is 30.0 Å². The molecule has 1 heterocycles. The van der Waals surface area contributed by atoms with Gasteiger partial charge in [-0.15, -0.1) is 11.8 Å². The second kappa shape index (κ2) is 9.80. The van der Waals surface area contributed by atoms with Crippen LogP contribution in [0.15, 0.2) is 48.5 Å². The van der Waals surface area contributed by atoms with Crippen LogP contribution in [0.3, 0.4) is 0 Å². The molecule has 0 saturated carbocycles. The standard InChI is InChI=1S/C26H21BN2O6S/c1-2-18-25(35)29(16-5-3-4-15(12-16)24(28)34)26(36-18)14-9-6-13(7-10-14)8-11-17-20(30)19(27)22(32)23(33)21(17)31/h3-7,9-10,12,18,26,30-33H,2H2,1H3,(H2,28,34). The van der Waals surface area contributed by atoms with Crippen molar-refractivity contribution in [2.24, 2.45) is 5.73 Å². The maximum Gasteiger partial charge on any atom is 0.248 e. The molecule has 0 aromatic heterocycles. The summed E-state index contributed by atoms with van der Waals surface area (Å²) < 4.78 is 0. The molecule has 2 radical (unpaired) electrons. The predicted molar refractivity (Wildman–Crippen MR) is 138 cm³/mol.